The van der Waals surface area contributed by atoms with E-state index in [0.717, 1.165) is 4.90 Å². The Morgan fingerprint density at radius 2 is 2.18 bits per heavy atom. The van der Waals surface area contributed by atoms with Crippen LogP contribution < -0.4 is 5.32 Å². The fraction of sp³-hybridized carbons (Fsp3) is 0.700. The molecular weight excluding hydrogens is 226 g/mol. The highest BCUT2D eigenvalue weighted by Gasteiger charge is 2.38. The lowest BCUT2D eigenvalue weighted by atomic mass is 10.0. The molecule has 0 aromatic heterocycles. The summed E-state index contributed by atoms with van der Waals surface area (Å²) < 4.78 is 4.60. The third-order valence-electron chi connectivity index (χ3n) is 2.85. The van der Waals surface area contributed by atoms with Gasteiger partial charge < -0.3 is 15.0 Å². The van der Waals surface area contributed by atoms with Crippen molar-refractivity contribution >= 4 is 18.0 Å². The summed E-state index contributed by atoms with van der Waals surface area (Å²) in [5.41, 5.74) is 0. The Balaban J connectivity index is 1.75. The van der Waals surface area contributed by atoms with Crippen LogP contribution in [0, 0.1) is 5.92 Å². The number of nitrogens with one attached hydrogen (secondary N) is 1. The number of likely N-dealkylation sites (tertiary alicyclic amines) is 1. The van der Waals surface area contributed by atoms with Gasteiger partial charge in [-0.05, 0) is 6.92 Å². The summed E-state index contributed by atoms with van der Waals surface area (Å²) in [6, 6.07) is -0.0981. The van der Waals surface area contributed by atoms with E-state index < -0.39 is 6.09 Å². The molecule has 1 N–H and O–H groups in total. The highest BCUT2D eigenvalue weighted by atomic mass is 16.6. The van der Waals surface area contributed by atoms with Gasteiger partial charge in [-0.2, -0.15) is 0 Å². The maximum Gasteiger partial charge on any atom is 0.417 e. The van der Waals surface area contributed by atoms with Gasteiger partial charge in [0.05, 0.1) is 0 Å². The summed E-state index contributed by atoms with van der Waals surface area (Å²) in [4.78, 5) is 36.6. The average molecular weight is 241 g/mol. The van der Waals surface area contributed by atoms with Crippen LogP contribution in [0.4, 0.5) is 9.59 Å². The van der Waals surface area contributed by atoms with Crippen molar-refractivity contribution in [2.24, 2.45) is 5.92 Å². The molecular formula is C10H15N3O4. The van der Waals surface area contributed by atoms with Crippen molar-refractivity contribution in [3.8, 4) is 0 Å². The molecule has 0 bridgehead atoms. The molecule has 0 aromatic rings. The molecule has 0 spiro atoms. The van der Waals surface area contributed by atoms with Gasteiger partial charge in [0.15, 0.2) is 6.61 Å². The highest BCUT2D eigenvalue weighted by Crippen LogP contribution is 2.18. The van der Waals surface area contributed by atoms with Crippen LogP contribution in [0.5, 0.6) is 0 Å². The number of nitrogens with zero attached hydrogens (tertiary/aromatic N) is 2. The minimum Gasteiger partial charge on any atom is -0.439 e. The normalized spacial score (nSPS) is 20.3. The topological polar surface area (TPSA) is 79.0 Å². The van der Waals surface area contributed by atoms with Crippen LogP contribution in [0.15, 0.2) is 0 Å². The summed E-state index contributed by atoms with van der Waals surface area (Å²) in [5.74, 6) is -0.140. The van der Waals surface area contributed by atoms with Crippen LogP contribution in [0.25, 0.3) is 0 Å². The first-order valence-corrected chi connectivity index (χ1v) is 5.61. The standard InChI is InChI=1S/C10H15N3O4/c1-2-11-9(15)12-3-7(4-12)5-13-8(14)6-17-10(13)16/h7H,2-6H2,1H3,(H,11,15). The lowest BCUT2D eigenvalue weighted by molar-refractivity contribution is -0.126. The summed E-state index contributed by atoms with van der Waals surface area (Å²) in [7, 11) is 0. The van der Waals surface area contributed by atoms with Gasteiger partial charge in [0.25, 0.3) is 5.91 Å². The molecule has 0 atom stereocenters. The molecule has 7 nitrogen and oxygen atoms in total. The smallest absolute Gasteiger partial charge is 0.417 e. The minimum atomic E-state index is -0.577. The molecule has 4 amide bonds. The van der Waals surface area contributed by atoms with Crippen LogP contribution in [-0.2, 0) is 9.53 Å². The first kappa shape index (κ1) is 11.7. The minimum absolute atomic E-state index is 0.0981. The first-order chi connectivity index (χ1) is 8.11. The molecule has 2 heterocycles. The zero-order valence-corrected chi connectivity index (χ0v) is 9.64. The third-order valence-corrected chi connectivity index (χ3v) is 2.85. The van der Waals surface area contributed by atoms with Gasteiger partial charge >= 0.3 is 12.1 Å². The van der Waals surface area contributed by atoms with Crippen molar-refractivity contribution in [2.75, 3.05) is 32.8 Å². The fourth-order valence-corrected chi connectivity index (χ4v) is 1.93. The molecule has 2 rings (SSSR count). The molecule has 2 aliphatic rings. The summed E-state index contributed by atoms with van der Waals surface area (Å²) >= 11 is 0. The Morgan fingerprint density at radius 3 is 2.71 bits per heavy atom. The van der Waals surface area contributed by atoms with Crippen LogP contribution in [-0.4, -0.2) is 60.6 Å². The number of urea groups is 1. The van der Waals surface area contributed by atoms with Gasteiger partial charge in [0.1, 0.15) is 0 Å². The Bertz CT molecular complexity index is 335. The van der Waals surface area contributed by atoms with E-state index in [1.807, 2.05) is 6.92 Å². The quantitative estimate of drug-likeness (QED) is 0.731. The SMILES string of the molecule is CCNC(=O)N1CC(CN2C(=O)COC2=O)C1. The largest absolute Gasteiger partial charge is 0.439 e. The Kier molecular flexibility index (Phi) is 3.16. The van der Waals surface area contributed by atoms with E-state index in [0.29, 0.717) is 26.2 Å². The van der Waals surface area contributed by atoms with Gasteiger partial charge in [0, 0.05) is 32.1 Å². The monoisotopic (exact) mass is 241 g/mol. The van der Waals surface area contributed by atoms with Crippen molar-refractivity contribution in [1.82, 2.24) is 15.1 Å². The Labute approximate surface area is 98.7 Å². The molecule has 0 saturated carbocycles. The van der Waals surface area contributed by atoms with Crippen molar-refractivity contribution in [3.05, 3.63) is 0 Å². The average Bonchev–Trinajstić information content (AvgIpc) is 2.53. The van der Waals surface area contributed by atoms with E-state index in [9.17, 15) is 14.4 Å². The van der Waals surface area contributed by atoms with E-state index >= 15 is 0 Å². The van der Waals surface area contributed by atoms with Crippen molar-refractivity contribution in [2.45, 2.75) is 6.92 Å². The second-order valence-electron chi connectivity index (χ2n) is 4.17. The van der Waals surface area contributed by atoms with Crippen LogP contribution >= 0.6 is 0 Å². The predicted molar refractivity (Wildman–Crippen MR) is 57.2 cm³/mol. The summed E-state index contributed by atoms with van der Waals surface area (Å²) in [6.45, 7) is 3.77. The molecule has 2 fully saturated rings. The molecule has 17 heavy (non-hydrogen) atoms. The number of cyclic esters (lactones) is 1. The van der Waals surface area contributed by atoms with Gasteiger partial charge in [-0.15, -0.1) is 0 Å². The molecule has 2 saturated heterocycles. The number of carbonyl (C=O) groups is 3. The van der Waals surface area contributed by atoms with Gasteiger partial charge in [-0.25, -0.2) is 14.5 Å². The maximum atomic E-state index is 11.4. The molecule has 94 valence electrons. The van der Waals surface area contributed by atoms with Gasteiger partial charge in [-0.3, -0.25) is 4.79 Å². The van der Waals surface area contributed by atoms with E-state index in [1.165, 1.54) is 0 Å². The summed E-state index contributed by atoms with van der Waals surface area (Å²) in [5, 5.41) is 2.69. The maximum absolute atomic E-state index is 11.4. The lowest BCUT2D eigenvalue weighted by Gasteiger charge is -2.39. The van der Waals surface area contributed by atoms with E-state index in [4.69, 9.17) is 0 Å². The summed E-state index contributed by atoms with van der Waals surface area (Å²) in [6.07, 6.45) is -0.577. The first-order valence-electron chi connectivity index (χ1n) is 5.61. The number of amides is 4. The second-order valence-corrected chi connectivity index (χ2v) is 4.17. The van der Waals surface area contributed by atoms with Crippen molar-refractivity contribution in [3.63, 3.8) is 0 Å². The predicted octanol–water partition coefficient (Wildman–Crippen LogP) is -0.373. The number of hydrogen-bond donors (Lipinski definition) is 1. The zero-order chi connectivity index (χ0) is 12.4. The number of hydrogen-bond acceptors (Lipinski definition) is 4. The van der Waals surface area contributed by atoms with Crippen LogP contribution in [0.2, 0.25) is 0 Å². The van der Waals surface area contributed by atoms with Crippen LogP contribution in [0.1, 0.15) is 6.92 Å². The van der Waals surface area contributed by atoms with E-state index in [-0.39, 0.29) is 24.5 Å². The van der Waals surface area contributed by atoms with Crippen molar-refractivity contribution in [1.29, 1.82) is 0 Å². The zero-order valence-electron chi connectivity index (χ0n) is 9.64. The molecule has 2 aliphatic heterocycles. The number of rotatable bonds is 3. The second kappa shape index (κ2) is 4.60. The third kappa shape index (κ3) is 2.32. The molecule has 0 aliphatic carbocycles. The van der Waals surface area contributed by atoms with Gasteiger partial charge in [-0.1, -0.05) is 0 Å². The Hall–Kier alpha value is -1.79. The lowest BCUT2D eigenvalue weighted by Crippen LogP contribution is -2.57. The molecule has 0 aromatic carbocycles. The number of ether oxygens (including phenoxy) is 1. The number of imide groups is 1. The van der Waals surface area contributed by atoms with Crippen LogP contribution in [0.3, 0.4) is 0 Å². The molecule has 0 unspecified atom stereocenters. The van der Waals surface area contributed by atoms with Crippen molar-refractivity contribution < 1.29 is 19.1 Å². The van der Waals surface area contributed by atoms with Gasteiger partial charge in [0.2, 0.25) is 0 Å². The Morgan fingerprint density at radius 1 is 1.47 bits per heavy atom. The van der Waals surface area contributed by atoms with E-state index in [1.54, 1.807) is 4.90 Å². The fourth-order valence-electron chi connectivity index (χ4n) is 1.93. The molecule has 7 heteroatoms. The molecule has 0 radical (unpaired) electrons. The highest BCUT2D eigenvalue weighted by molar-refractivity contribution is 5.97. The van der Waals surface area contributed by atoms with E-state index in [2.05, 4.69) is 10.1 Å². The number of carbonyl (C=O) groups excluding carboxylic acids is 3.